The standard InChI is InChI=1S/C41H60N16O9S3/c1-19(7-8-28(60)54-31(21(3)58)38(64)48-11-9-29-52-26(17-67-29)41-53-25(16-68-41)37(63)47-10-6-12-69(4)5)51-40(66)32(33(61)24-15-46-18-50-24)56-39(65)30-20(2)34(44)57-36(55-30)23(13-27(43)59)49-14-22(42)35(45)62/h15-19,21-23,31-33,49,58,61H,6-14,42H2,1-5H3,(H11-,43,44,45,46,47,48,50,51,54,55,56,57,59,60,62,63,64,65,66)/p+1/t19-,21-,22+,23+,31+,32+,33+/m1/s1. The van der Waals surface area contributed by atoms with Crippen LogP contribution in [0.1, 0.15) is 94.7 Å². The number of rotatable bonds is 28. The fourth-order valence-electron chi connectivity index (χ4n) is 6.34. The van der Waals surface area contributed by atoms with Crippen LogP contribution in [-0.2, 0) is 41.3 Å². The number of carbonyl (C=O) groups excluding carboxylic acids is 7. The van der Waals surface area contributed by atoms with E-state index in [9.17, 15) is 43.8 Å². The highest BCUT2D eigenvalue weighted by Gasteiger charge is 2.34. The van der Waals surface area contributed by atoms with Crippen molar-refractivity contribution < 1.29 is 43.8 Å². The van der Waals surface area contributed by atoms with E-state index in [1.54, 1.807) is 12.3 Å². The number of nitrogens with two attached hydrogens (primary N) is 4. The summed E-state index contributed by atoms with van der Waals surface area (Å²) in [5.74, 6) is -4.24. The van der Waals surface area contributed by atoms with Crippen molar-refractivity contribution >= 4 is 80.7 Å². The van der Waals surface area contributed by atoms with Crippen LogP contribution in [0.25, 0.3) is 10.7 Å². The van der Waals surface area contributed by atoms with Gasteiger partial charge in [-0.3, -0.25) is 33.6 Å². The van der Waals surface area contributed by atoms with Gasteiger partial charge < -0.3 is 70.0 Å². The van der Waals surface area contributed by atoms with Crippen molar-refractivity contribution in [1.82, 2.24) is 61.8 Å². The van der Waals surface area contributed by atoms with Gasteiger partial charge in [0, 0.05) is 67.7 Å². The number of H-pyrrole nitrogens is 1. The number of hydrogen-bond acceptors (Lipinski definition) is 19. The Labute approximate surface area is 408 Å². The van der Waals surface area contributed by atoms with Gasteiger partial charge in [-0.25, -0.2) is 24.9 Å². The average Bonchev–Trinajstić information content (AvgIpc) is 4.11. The Kier molecular flexibility index (Phi) is 21.3. The first-order valence-corrected chi connectivity index (χ1v) is 25.6. The van der Waals surface area contributed by atoms with Crippen molar-refractivity contribution in [1.29, 1.82) is 0 Å². The summed E-state index contributed by atoms with van der Waals surface area (Å²) in [5, 5.41) is 42.6. The minimum Gasteiger partial charge on any atom is -0.391 e. The molecule has 7 atom stereocenters. The number of carbonyl (C=O) groups is 7. The number of aliphatic hydroxyl groups excluding tert-OH is 2. The molecule has 0 aliphatic heterocycles. The second-order valence-corrected chi connectivity index (χ2v) is 20.4. The Hall–Kier alpha value is -6.17. The molecule has 7 amide bonds. The lowest BCUT2D eigenvalue weighted by molar-refractivity contribution is -0.131. The highest BCUT2D eigenvalue weighted by molar-refractivity contribution is 7.95. The van der Waals surface area contributed by atoms with Crippen LogP contribution in [0.4, 0.5) is 5.82 Å². The molecule has 376 valence electrons. The quantitative estimate of drug-likeness (QED) is 0.0204. The van der Waals surface area contributed by atoms with Crippen LogP contribution < -0.4 is 54.8 Å². The summed E-state index contributed by atoms with van der Waals surface area (Å²) in [5.41, 5.74) is 23.3. The van der Waals surface area contributed by atoms with Crippen LogP contribution in [0.15, 0.2) is 23.3 Å². The summed E-state index contributed by atoms with van der Waals surface area (Å²) in [4.78, 5) is 114. The number of thiazole rings is 2. The molecule has 4 rings (SSSR count). The molecule has 4 heterocycles. The number of imidazole rings is 1. The monoisotopic (exact) mass is 1020 g/mol. The average molecular weight is 1020 g/mol. The first-order valence-electron chi connectivity index (χ1n) is 21.6. The van der Waals surface area contributed by atoms with Crippen molar-refractivity contribution in [3.63, 3.8) is 0 Å². The first kappa shape index (κ1) is 55.4. The Morgan fingerprint density at radius 3 is 2.28 bits per heavy atom. The molecule has 28 heteroatoms. The van der Waals surface area contributed by atoms with E-state index in [4.69, 9.17) is 22.9 Å². The highest BCUT2D eigenvalue weighted by Crippen LogP contribution is 2.26. The number of nitrogens with zero attached hydrogens (tertiary/aromatic N) is 5. The SMILES string of the molecule is Cc1c(N)nc([C@H](CC(N)=O)NC[C@H](N)C(N)=O)nc1C(=O)N[C@H](C(=O)N[C@H](C)CCC(=O)N[C@H](C(=O)NCCc1nc(-c2nc(C(=O)NCCC[S+](C)C)cs2)cs1)[C@@H](C)O)[C@@H](O)c1cnc[nH]1. The van der Waals surface area contributed by atoms with Gasteiger partial charge in [-0.05, 0) is 38.1 Å². The summed E-state index contributed by atoms with van der Waals surface area (Å²) >= 11 is 2.66. The maximum absolute atomic E-state index is 13.8. The smallest absolute Gasteiger partial charge is 0.271 e. The number of hydrogen-bond donors (Lipinski definition) is 13. The molecule has 4 aromatic heterocycles. The van der Waals surface area contributed by atoms with Crippen molar-refractivity contribution in [2.45, 2.75) is 95.3 Å². The molecule has 4 aromatic rings. The molecular weight excluding hydrogens is 957 g/mol. The number of primary amides is 2. The van der Waals surface area contributed by atoms with Crippen LogP contribution >= 0.6 is 22.7 Å². The van der Waals surface area contributed by atoms with E-state index >= 15 is 0 Å². The number of aromatic nitrogens is 6. The zero-order valence-corrected chi connectivity index (χ0v) is 41.2. The van der Waals surface area contributed by atoms with E-state index in [1.165, 1.54) is 49.0 Å². The van der Waals surface area contributed by atoms with E-state index in [0.717, 1.165) is 12.2 Å². The molecule has 17 N–H and O–H groups in total. The molecule has 69 heavy (non-hydrogen) atoms. The van der Waals surface area contributed by atoms with E-state index in [0.29, 0.717) is 45.3 Å². The van der Waals surface area contributed by atoms with Crippen LogP contribution in [0.3, 0.4) is 0 Å². The summed E-state index contributed by atoms with van der Waals surface area (Å²) in [6.45, 7) is 4.87. The molecule has 0 unspecified atom stereocenters. The van der Waals surface area contributed by atoms with E-state index in [2.05, 4.69) is 74.3 Å². The Bertz CT molecular complexity index is 2400. The van der Waals surface area contributed by atoms with Crippen molar-refractivity contribution in [2.75, 3.05) is 43.6 Å². The van der Waals surface area contributed by atoms with Gasteiger partial charge in [0.25, 0.3) is 11.8 Å². The van der Waals surface area contributed by atoms with Gasteiger partial charge in [0.05, 0.1) is 53.9 Å². The van der Waals surface area contributed by atoms with Crippen LogP contribution in [0.2, 0.25) is 0 Å². The minimum absolute atomic E-state index is 0.0291. The highest BCUT2D eigenvalue weighted by atomic mass is 32.2. The molecular formula is C41H61N16O9S3+. The predicted octanol–water partition coefficient (Wildman–Crippen LogP) is -2.67. The third-order valence-corrected chi connectivity index (χ3v) is 13.1. The van der Waals surface area contributed by atoms with E-state index < -0.39 is 84.3 Å². The van der Waals surface area contributed by atoms with Gasteiger partial charge in [0.15, 0.2) is 0 Å². The maximum Gasteiger partial charge on any atom is 0.271 e. The van der Waals surface area contributed by atoms with Gasteiger partial charge in [0.2, 0.25) is 29.5 Å². The zero-order chi connectivity index (χ0) is 50.9. The number of nitrogen functional groups attached to an aromatic ring is 1. The van der Waals surface area contributed by atoms with Gasteiger partial charge >= 0.3 is 0 Å². The third-order valence-electron chi connectivity index (χ3n) is 10.2. The summed E-state index contributed by atoms with van der Waals surface area (Å²) in [6.07, 6.45) is 4.54. The second-order valence-electron chi connectivity index (χ2n) is 16.2. The van der Waals surface area contributed by atoms with Crippen molar-refractivity contribution in [3.05, 3.63) is 56.8 Å². The first-order chi connectivity index (χ1) is 32.6. The van der Waals surface area contributed by atoms with Crippen molar-refractivity contribution in [2.24, 2.45) is 17.2 Å². The molecule has 0 saturated carbocycles. The second kappa shape index (κ2) is 26.5. The van der Waals surface area contributed by atoms with E-state index in [-0.39, 0.29) is 60.4 Å². The lowest BCUT2D eigenvalue weighted by Crippen LogP contribution is -2.53. The molecule has 0 radical (unpaired) electrons. The Balaban J connectivity index is 1.33. The van der Waals surface area contributed by atoms with Gasteiger partial charge in [0.1, 0.15) is 57.7 Å². The molecule has 0 aromatic carbocycles. The number of nitrogens with one attached hydrogen (secondary N) is 7. The number of amides is 7. The lowest BCUT2D eigenvalue weighted by atomic mass is 10.0. The number of aliphatic hydroxyl groups is 2. The Morgan fingerprint density at radius 2 is 1.62 bits per heavy atom. The van der Waals surface area contributed by atoms with E-state index in [1.807, 2.05) is 5.38 Å². The molecule has 0 aliphatic carbocycles. The summed E-state index contributed by atoms with van der Waals surface area (Å²) in [7, 11) is 0.306. The molecule has 0 aliphatic rings. The van der Waals surface area contributed by atoms with Crippen LogP contribution in [-0.4, -0.2) is 150 Å². The largest absolute Gasteiger partial charge is 0.391 e. The normalized spacial score (nSPS) is 14.4. The zero-order valence-electron chi connectivity index (χ0n) is 38.7. The lowest BCUT2D eigenvalue weighted by Gasteiger charge is -2.25. The third kappa shape index (κ3) is 17.1. The Morgan fingerprint density at radius 1 is 0.884 bits per heavy atom. The van der Waals surface area contributed by atoms with Gasteiger partial charge in [-0.2, -0.15) is 0 Å². The van der Waals surface area contributed by atoms with Gasteiger partial charge in [-0.15, -0.1) is 22.7 Å². The molecule has 0 spiro atoms. The topological polar surface area (TPSA) is 416 Å². The summed E-state index contributed by atoms with van der Waals surface area (Å²) < 4.78 is 0. The maximum atomic E-state index is 13.8. The number of aromatic amines is 1. The van der Waals surface area contributed by atoms with Gasteiger partial charge in [-0.1, -0.05) is 0 Å². The molecule has 25 nitrogen and oxygen atoms in total. The van der Waals surface area contributed by atoms with Crippen LogP contribution in [0.5, 0.6) is 0 Å². The molecule has 0 saturated heterocycles. The fraction of sp³-hybridized carbons (Fsp3) is 0.512. The number of anilines is 1. The fourth-order valence-corrected chi connectivity index (χ4v) is 8.68. The van der Waals surface area contributed by atoms with Crippen molar-refractivity contribution in [3.8, 4) is 10.7 Å². The molecule has 0 fully saturated rings. The summed E-state index contributed by atoms with van der Waals surface area (Å²) in [6, 6.07) is -5.94. The molecule has 0 bridgehead atoms. The minimum atomic E-state index is -1.68. The van der Waals surface area contributed by atoms with Crippen LogP contribution in [0, 0.1) is 6.92 Å². The predicted molar refractivity (Wildman–Crippen MR) is 259 cm³/mol.